The van der Waals surface area contributed by atoms with Gasteiger partial charge in [0.25, 0.3) is 0 Å². The van der Waals surface area contributed by atoms with Crippen molar-refractivity contribution >= 4 is 39.5 Å². The first kappa shape index (κ1) is 91.1. The molecule has 0 aromatic heterocycles. The van der Waals surface area contributed by atoms with Crippen molar-refractivity contribution in [1.29, 1.82) is 0 Å². The molecule has 3 N–H and O–H groups in total. The van der Waals surface area contributed by atoms with E-state index in [-0.39, 0.29) is 25.7 Å². The summed E-state index contributed by atoms with van der Waals surface area (Å²) in [6, 6.07) is 0. The zero-order valence-corrected chi connectivity index (χ0v) is 62.2. The number of rotatable bonds is 74. The van der Waals surface area contributed by atoms with Crippen molar-refractivity contribution in [3.05, 3.63) is 0 Å². The first-order valence-electron chi connectivity index (χ1n) is 38.6. The smallest absolute Gasteiger partial charge is 0.462 e. The van der Waals surface area contributed by atoms with E-state index in [0.29, 0.717) is 25.7 Å². The van der Waals surface area contributed by atoms with Crippen LogP contribution in [0, 0.1) is 5.92 Å². The number of carbonyl (C=O) groups is 4. The Morgan fingerprint density at radius 1 is 0.290 bits per heavy atom. The van der Waals surface area contributed by atoms with E-state index < -0.39 is 97.5 Å². The van der Waals surface area contributed by atoms with Crippen molar-refractivity contribution in [3.63, 3.8) is 0 Å². The number of unbranched alkanes of at least 4 members (excludes halogenated alkanes) is 46. The molecule has 0 heterocycles. The summed E-state index contributed by atoms with van der Waals surface area (Å²) in [4.78, 5) is 72.7. The highest BCUT2D eigenvalue weighted by Crippen LogP contribution is 2.45. The number of carbonyl (C=O) groups excluding carboxylic acids is 4. The van der Waals surface area contributed by atoms with Crippen molar-refractivity contribution in [2.75, 3.05) is 39.6 Å². The second-order valence-corrected chi connectivity index (χ2v) is 30.1. The molecule has 2 unspecified atom stereocenters. The van der Waals surface area contributed by atoms with E-state index in [0.717, 1.165) is 102 Å². The molecule has 0 bridgehead atoms. The minimum Gasteiger partial charge on any atom is -0.462 e. The molecule has 19 heteroatoms. The van der Waals surface area contributed by atoms with Crippen LogP contribution < -0.4 is 0 Å². The first-order valence-corrected chi connectivity index (χ1v) is 41.6. The summed E-state index contributed by atoms with van der Waals surface area (Å²) in [5.41, 5.74) is 0. The molecule has 0 saturated heterocycles. The molecule has 0 spiro atoms. The molecule has 0 radical (unpaired) electrons. The fourth-order valence-corrected chi connectivity index (χ4v) is 12.9. The van der Waals surface area contributed by atoms with Gasteiger partial charge in [-0.15, -0.1) is 0 Å². The van der Waals surface area contributed by atoms with E-state index in [2.05, 4.69) is 34.6 Å². The molecule has 0 aliphatic rings. The van der Waals surface area contributed by atoms with E-state index in [9.17, 15) is 43.2 Å². The number of hydrogen-bond donors (Lipinski definition) is 3. The third-order valence-corrected chi connectivity index (χ3v) is 19.2. The van der Waals surface area contributed by atoms with Gasteiger partial charge in [0.1, 0.15) is 19.3 Å². The largest absolute Gasteiger partial charge is 0.472 e. The molecular formula is C74H144O17P2. The van der Waals surface area contributed by atoms with Crippen LogP contribution in [0.3, 0.4) is 0 Å². The molecule has 0 aliphatic carbocycles. The second-order valence-electron chi connectivity index (χ2n) is 27.2. The molecule has 552 valence electrons. The van der Waals surface area contributed by atoms with Crippen LogP contribution in [0.2, 0.25) is 0 Å². The third kappa shape index (κ3) is 68.4. The van der Waals surface area contributed by atoms with Gasteiger partial charge in [-0.2, -0.15) is 0 Å². The minimum absolute atomic E-state index is 0.106. The van der Waals surface area contributed by atoms with Crippen molar-refractivity contribution in [1.82, 2.24) is 0 Å². The summed E-state index contributed by atoms with van der Waals surface area (Å²) < 4.78 is 68.4. The molecule has 0 amide bonds. The number of ether oxygens (including phenoxy) is 4. The maximum Gasteiger partial charge on any atom is 0.472 e. The topological polar surface area (TPSA) is 237 Å². The van der Waals surface area contributed by atoms with Gasteiger partial charge in [-0.25, -0.2) is 9.13 Å². The molecular weight excluding hydrogens is 1220 g/mol. The number of esters is 4. The second kappa shape index (κ2) is 67.3. The van der Waals surface area contributed by atoms with Gasteiger partial charge in [-0.1, -0.05) is 336 Å². The Morgan fingerprint density at radius 3 is 0.731 bits per heavy atom. The molecule has 0 fully saturated rings. The minimum atomic E-state index is -4.95. The fourth-order valence-electron chi connectivity index (χ4n) is 11.4. The quantitative estimate of drug-likeness (QED) is 0.0222. The predicted octanol–water partition coefficient (Wildman–Crippen LogP) is 21.7. The van der Waals surface area contributed by atoms with E-state index in [4.69, 9.17) is 37.0 Å². The SMILES string of the molecule is CCCCCCCCCCCCCCCCCCCC(=O)O[C@H](COC(=O)CCCCCCCCCCCCCCCCC)COP(=O)(O)OC[C@@H](O)COP(=O)(O)OC[C@@H](COC(=O)CCCCCCCCCC)OC(=O)CCCCCCCCCCCCC(C)C. The molecule has 17 nitrogen and oxygen atoms in total. The lowest BCUT2D eigenvalue weighted by Gasteiger charge is -2.21. The van der Waals surface area contributed by atoms with Crippen LogP contribution >= 0.6 is 15.6 Å². The van der Waals surface area contributed by atoms with Crippen molar-refractivity contribution in [2.45, 2.75) is 406 Å². The fraction of sp³-hybridized carbons (Fsp3) is 0.946. The van der Waals surface area contributed by atoms with Gasteiger partial charge >= 0.3 is 39.5 Å². The number of aliphatic hydroxyl groups is 1. The molecule has 0 aromatic rings. The Bertz CT molecular complexity index is 1790. The van der Waals surface area contributed by atoms with Crippen molar-refractivity contribution < 1.29 is 80.2 Å². The van der Waals surface area contributed by atoms with Gasteiger partial charge in [-0.3, -0.25) is 37.3 Å². The Balaban J connectivity index is 5.22. The van der Waals surface area contributed by atoms with Crippen LogP contribution in [0.1, 0.15) is 388 Å². The summed E-state index contributed by atoms with van der Waals surface area (Å²) in [6.45, 7) is 7.25. The number of aliphatic hydroxyl groups excluding tert-OH is 1. The summed E-state index contributed by atoms with van der Waals surface area (Å²) in [5, 5.41) is 10.6. The van der Waals surface area contributed by atoms with Crippen LogP contribution in [0.4, 0.5) is 0 Å². The molecule has 0 saturated carbocycles. The molecule has 0 aromatic carbocycles. The van der Waals surface area contributed by atoms with Gasteiger partial charge in [0.05, 0.1) is 26.4 Å². The van der Waals surface area contributed by atoms with Crippen LogP contribution in [-0.4, -0.2) is 96.7 Å². The zero-order valence-electron chi connectivity index (χ0n) is 60.4. The molecule has 93 heavy (non-hydrogen) atoms. The van der Waals surface area contributed by atoms with E-state index in [1.54, 1.807) is 0 Å². The normalized spacial score (nSPS) is 14.0. The van der Waals surface area contributed by atoms with Gasteiger partial charge < -0.3 is 33.8 Å². The van der Waals surface area contributed by atoms with E-state index in [1.165, 1.54) is 205 Å². The predicted molar refractivity (Wildman–Crippen MR) is 377 cm³/mol. The van der Waals surface area contributed by atoms with Crippen LogP contribution in [-0.2, 0) is 65.4 Å². The van der Waals surface area contributed by atoms with Crippen LogP contribution in [0.5, 0.6) is 0 Å². The number of hydrogen-bond acceptors (Lipinski definition) is 15. The van der Waals surface area contributed by atoms with Crippen LogP contribution in [0.25, 0.3) is 0 Å². The zero-order chi connectivity index (χ0) is 68.4. The lowest BCUT2D eigenvalue weighted by molar-refractivity contribution is -0.161. The van der Waals surface area contributed by atoms with E-state index >= 15 is 0 Å². The number of phosphoric acid groups is 2. The van der Waals surface area contributed by atoms with Gasteiger partial charge in [0.2, 0.25) is 0 Å². The summed E-state index contributed by atoms with van der Waals surface area (Å²) >= 11 is 0. The first-order chi connectivity index (χ1) is 45.0. The van der Waals surface area contributed by atoms with Gasteiger partial charge in [-0.05, 0) is 31.6 Å². The Labute approximate surface area is 568 Å². The Kier molecular flexibility index (Phi) is 65.9. The Morgan fingerprint density at radius 2 is 0.495 bits per heavy atom. The van der Waals surface area contributed by atoms with Crippen molar-refractivity contribution in [2.24, 2.45) is 5.92 Å². The van der Waals surface area contributed by atoms with Gasteiger partial charge in [0, 0.05) is 25.7 Å². The standard InChI is InChI=1S/C74H144O17P2/c1-6-9-12-15-18-21-23-25-27-28-30-32-34-39-44-49-54-59-73(78)91-70(64-85-72(77)58-53-48-43-38-33-31-29-26-24-22-19-16-13-10-7-2)66-89-93(82,83)87-62-68(75)61-86-92(80,81)88-65-69(63-84-71(76)57-52-47-42-20-17-14-11-8-3)90-74(79)60-55-50-45-40-36-35-37-41-46-51-56-67(4)5/h67-70,75H,6-66H2,1-5H3,(H,80,81)(H,82,83)/t68-,69+,70+/m0/s1. The maximum atomic E-state index is 13.1. The summed E-state index contributed by atoms with van der Waals surface area (Å²) in [5.74, 6) is -1.37. The van der Waals surface area contributed by atoms with E-state index in [1.807, 2.05) is 0 Å². The summed E-state index contributed by atoms with van der Waals surface area (Å²) in [6.07, 6.45) is 55.5. The number of phosphoric ester groups is 2. The third-order valence-electron chi connectivity index (χ3n) is 17.3. The lowest BCUT2D eigenvalue weighted by atomic mass is 10.0. The average molecular weight is 1370 g/mol. The monoisotopic (exact) mass is 1370 g/mol. The Hall–Kier alpha value is -1.94. The highest BCUT2D eigenvalue weighted by molar-refractivity contribution is 7.47. The lowest BCUT2D eigenvalue weighted by Crippen LogP contribution is -2.30. The highest BCUT2D eigenvalue weighted by atomic mass is 31.2. The van der Waals surface area contributed by atoms with Crippen LogP contribution in [0.15, 0.2) is 0 Å². The maximum absolute atomic E-state index is 13.1. The van der Waals surface area contributed by atoms with Gasteiger partial charge in [0.15, 0.2) is 12.2 Å². The highest BCUT2D eigenvalue weighted by Gasteiger charge is 2.30. The average Bonchev–Trinajstić information content (AvgIpc) is 2.09. The molecule has 0 rings (SSSR count). The summed E-state index contributed by atoms with van der Waals surface area (Å²) in [7, 11) is -9.90. The van der Waals surface area contributed by atoms with Crippen molar-refractivity contribution in [3.8, 4) is 0 Å². The molecule has 0 aliphatic heterocycles. The molecule has 5 atom stereocenters.